The third kappa shape index (κ3) is 1.81. The van der Waals surface area contributed by atoms with Crippen LogP contribution in [0.3, 0.4) is 0 Å². The van der Waals surface area contributed by atoms with Crippen LogP contribution in [0, 0.1) is 5.41 Å². The molecule has 2 aliphatic rings. The van der Waals surface area contributed by atoms with Crippen LogP contribution < -0.4 is 0 Å². The fourth-order valence-electron chi connectivity index (χ4n) is 2.79. The first kappa shape index (κ1) is 12.0. The molecule has 0 aromatic carbocycles. The molecule has 1 aliphatic heterocycles. The third-order valence-electron chi connectivity index (χ3n) is 3.24. The summed E-state index contributed by atoms with van der Waals surface area (Å²) in [6.45, 7) is 6.42. The molecule has 14 heavy (non-hydrogen) atoms. The quantitative estimate of drug-likeness (QED) is 0.635. The lowest BCUT2D eigenvalue weighted by Gasteiger charge is -2.62. The van der Waals surface area contributed by atoms with Gasteiger partial charge in [0.2, 0.25) is 0 Å². The topological polar surface area (TPSA) is 21.7 Å². The largest absolute Gasteiger partial charge is 0.353 e. The minimum atomic E-state index is -0.249. The lowest BCUT2D eigenvalue weighted by molar-refractivity contribution is -0.317. The summed E-state index contributed by atoms with van der Waals surface area (Å²) >= 11 is 0. The number of nitrogens with zero attached hydrogens (tertiary/aromatic N) is 1. The normalized spacial score (nSPS) is 27.2. The zero-order valence-electron chi connectivity index (χ0n) is 10.1. The Kier molecular flexibility index (Phi) is 3.56. The van der Waals surface area contributed by atoms with E-state index in [1.807, 2.05) is 13.8 Å². The van der Waals surface area contributed by atoms with Crippen molar-refractivity contribution in [1.82, 2.24) is 4.90 Å². The minimum Gasteiger partial charge on any atom is -0.353 e. The molecule has 1 saturated heterocycles. The first-order valence-corrected chi connectivity index (χ1v) is 5.43. The van der Waals surface area contributed by atoms with Gasteiger partial charge in [-0.25, -0.2) is 0 Å². The maximum absolute atomic E-state index is 5.35. The summed E-state index contributed by atoms with van der Waals surface area (Å²) in [5.74, 6) is -0.249. The Labute approximate surface area is 87.4 Å². The van der Waals surface area contributed by atoms with Gasteiger partial charge in [-0.15, -0.1) is 0 Å². The van der Waals surface area contributed by atoms with Gasteiger partial charge in [-0.2, -0.15) is 0 Å². The van der Waals surface area contributed by atoms with E-state index in [1.165, 1.54) is 13.1 Å². The number of likely N-dealkylation sites (tertiary alicyclic amines) is 1. The SMILES string of the molecule is CC.COC1(OC)CC2(CN(C)C2)C1. The van der Waals surface area contributed by atoms with Gasteiger partial charge in [0.05, 0.1) is 0 Å². The predicted octanol–water partition coefficient (Wildman–Crippen LogP) is 1.73. The van der Waals surface area contributed by atoms with Crippen molar-refractivity contribution in [2.45, 2.75) is 32.5 Å². The van der Waals surface area contributed by atoms with Crippen LogP contribution >= 0.6 is 0 Å². The molecule has 0 unspecified atom stereocenters. The molecule has 0 N–H and O–H groups in total. The van der Waals surface area contributed by atoms with Crippen LogP contribution in [0.2, 0.25) is 0 Å². The van der Waals surface area contributed by atoms with Gasteiger partial charge in [-0.3, -0.25) is 0 Å². The molecule has 84 valence electrons. The Bertz CT molecular complexity index is 174. The van der Waals surface area contributed by atoms with Crippen molar-refractivity contribution in [2.24, 2.45) is 5.41 Å². The van der Waals surface area contributed by atoms with E-state index < -0.39 is 0 Å². The Balaban J connectivity index is 0.000000461. The molecule has 0 amide bonds. The second-order valence-corrected chi connectivity index (χ2v) is 4.34. The molecule has 2 fully saturated rings. The molecule has 0 aromatic heterocycles. The zero-order chi connectivity index (χ0) is 10.8. The number of hydrogen-bond acceptors (Lipinski definition) is 3. The zero-order valence-corrected chi connectivity index (χ0v) is 10.1. The van der Waals surface area contributed by atoms with Crippen LogP contribution in [0.4, 0.5) is 0 Å². The summed E-state index contributed by atoms with van der Waals surface area (Å²) in [7, 11) is 5.63. The summed E-state index contributed by atoms with van der Waals surface area (Å²) in [6, 6.07) is 0. The Morgan fingerprint density at radius 1 is 1.00 bits per heavy atom. The van der Waals surface area contributed by atoms with E-state index in [0.717, 1.165) is 12.8 Å². The van der Waals surface area contributed by atoms with Crippen molar-refractivity contribution in [3.8, 4) is 0 Å². The van der Waals surface area contributed by atoms with Crippen LogP contribution in [0.5, 0.6) is 0 Å². The summed E-state index contributed by atoms with van der Waals surface area (Å²) in [6.07, 6.45) is 2.13. The summed E-state index contributed by atoms with van der Waals surface area (Å²) in [5, 5.41) is 0. The summed E-state index contributed by atoms with van der Waals surface area (Å²) in [4.78, 5) is 2.34. The molecule has 0 aromatic rings. The summed E-state index contributed by atoms with van der Waals surface area (Å²) < 4.78 is 10.7. The fourth-order valence-corrected chi connectivity index (χ4v) is 2.79. The Hall–Kier alpha value is -0.120. The number of rotatable bonds is 2. The van der Waals surface area contributed by atoms with Gasteiger partial charge in [0.15, 0.2) is 5.79 Å². The van der Waals surface area contributed by atoms with Crippen LogP contribution in [0.1, 0.15) is 26.7 Å². The van der Waals surface area contributed by atoms with Gasteiger partial charge in [-0.1, -0.05) is 13.8 Å². The number of ether oxygens (including phenoxy) is 2. The first-order chi connectivity index (χ1) is 6.64. The van der Waals surface area contributed by atoms with E-state index in [4.69, 9.17) is 9.47 Å². The summed E-state index contributed by atoms with van der Waals surface area (Å²) in [5.41, 5.74) is 0.529. The van der Waals surface area contributed by atoms with E-state index in [0.29, 0.717) is 5.41 Å². The second kappa shape index (κ2) is 4.17. The van der Waals surface area contributed by atoms with Crippen molar-refractivity contribution >= 4 is 0 Å². The van der Waals surface area contributed by atoms with Crippen LogP contribution in [-0.4, -0.2) is 45.0 Å². The van der Waals surface area contributed by atoms with Crippen molar-refractivity contribution in [3.63, 3.8) is 0 Å². The van der Waals surface area contributed by atoms with Crippen LogP contribution in [-0.2, 0) is 9.47 Å². The standard InChI is InChI=1S/C9H17NO2.C2H6/c1-10-6-8(7-10)4-9(5-8,11-2)12-3;1-2/h4-7H2,1-3H3;1-2H3. The average molecular weight is 201 g/mol. The van der Waals surface area contributed by atoms with Crippen molar-refractivity contribution < 1.29 is 9.47 Å². The fraction of sp³-hybridized carbons (Fsp3) is 1.00. The maximum atomic E-state index is 5.35. The average Bonchev–Trinajstić information content (AvgIpc) is 2.12. The molecule has 1 spiro atoms. The molecule has 3 nitrogen and oxygen atoms in total. The lowest BCUT2D eigenvalue weighted by atomic mass is 9.60. The van der Waals surface area contributed by atoms with Gasteiger partial charge in [-0.05, 0) is 7.05 Å². The maximum Gasteiger partial charge on any atom is 0.168 e. The van der Waals surface area contributed by atoms with Gasteiger partial charge in [0, 0.05) is 45.6 Å². The molecule has 3 heteroatoms. The van der Waals surface area contributed by atoms with Gasteiger partial charge in [0.1, 0.15) is 0 Å². The highest BCUT2D eigenvalue weighted by molar-refractivity contribution is 5.07. The molecule has 0 bridgehead atoms. The molecule has 1 saturated carbocycles. The van der Waals surface area contributed by atoms with Gasteiger partial charge in [0.25, 0.3) is 0 Å². The minimum absolute atomic E-state index is 0.249. The third-order valence-corrected chi connectivity index (χ3v) is 3.24. The molecule has 2 rings (SSSR count). The van der Waals surface area contributed by atoms with E-state index in [-0.39, 0.29) is 5.79 Å². The van der Waals surface area contributed by atoms with Crippen molar-refractivity contribution in [1.29, 1.82) is 0 Å². The van der Waals surface area contributed by atoms with E-state index in [2.05, 4.69) is 11.9 Å². The van der Waals surface area contributed by atoms with E-state index in [9.17, 15) is 0 Å². The molecular formula is C11H23NO2. The molecule has 1 heterocycles. The molecular weight excluding hydrogens is 178 g/mol. The van der Waals surface area contributed by atoms with Crippen molar-refractivity contribution in [3.05, 3.63) is 0 Å². The predicted molar refractivity (Wildman–Crippen MR) is 57.3 cm³/mol. The highest BCUT2D eigenvalue weighted by atomic mass is 16.7. The highest BCUT2D eigenvalue weighted by Crippen LogP contribution is 2.55. The molecule has 0 atom stereocenters. The van der Waals surface area contributed by atoms with Crippen LogP contribution in [0.15, 0.2) is 0 Å². The van der Waals surface area contributed by atoms with Crippen LogP contribution in [0.25, 0.3) is 0 Å². The van der Waals surface area contributed by atoms with Crippen molar-refractivity contribution in [2.75, 3.05) is 34.4 Å². The van der Waals surface area contributed by atoms with Gasteiger partial charge < -0.3 is 14.4 Å². The highest BCUT2D eigenvalue weighted by Gasteiger charge is 2.60. The first-order valence-electron chi connectivity index (χ1n) is 5.43. The second-order valence-electron chi connectivity index (χ2n) is 4.34. The van der Waals surface area contributed by atoms with E-state index >= 15 is 0 Å². The molecule has 1 aliphatic carbocycles. The molecule has 0 radical (unpaired) electrons. The van der Waals surface area contributed by atoms with E-state index in [1.54, 1.807) is 14.2 Å². The Morgan fingerprint density at radius 3 is 1.71 bits per heavy atom. The number of hydrogen-bond donors (Lipinski definition) is 0. The number of methoxy groups -OCH3 is 2. The Morgan fingerprint density at radius 2 is 1.43 bits per heavy atom. The smallest absolute Gasteiger partial charge is 0.168 e. The lowest BCUT2D eigenvalue weighted by Crippen LogP contribution is -2.67. The van der Waals surface area contributed by atoms with Gasteiger partial charge >= 0.3 is 0 Å². The monoisotopic (exact) mass is 201 g/mol.